The van der Waals surface area contributed by atoms with Crippen LogP contribution in [0.15, 0.2) is 121 Å². The van der Waals surface area contributed by atoms with Gasteiger partial charge < -0.3 is 9.80 Å². The lowest BCUT2D eigenvalue weighted by atomic mass is 9.85. The highest BCUT2D eigenvalue weighted by Crippen LogP contribution is 2.47. The van der Waals surface area contributed by atoms with Crippen molar-refractivity contribution in [1.29, 1.82) is 0 Å². The Hall–Kier alpha value is -5.48. The summed E-state index contributed by atoms with van der Waals surface area (Å²) in [5.74, 6) is 0. The smallest absolute Gasteiger partial charge is 0.0972 e. The van der Waals surface area contributed by atoms with Crippen molar-refractivity contribution in [1.82, 2.24) is 9.97 Å². The Bertz CT molecular complexity index is 2570. The van der Waals surface area contributed by atoms with Crippen molar-refractivity contribution in [2.75, 3.05) is 36.0 Å². The summed E-state index contributed by atoms with van der Waals surface area (Å²) in [6, 6.07) is 43.1. The van der Waals surface area contributed by atoms with Crippen LogP contribution in [0.25, 0.3) is 76.5 Å². The molecule has 2 aromatic heterocycles. The van der Waals surface area contributed by atoms with Crippen LogP contribution < -0.4 is 9.80 Å². The van der Waals surface area contributed by atoms with Gasteiger partial charge in [-0.15, -0.1) is 0 Å². The average molecular weight is 649 g/mol. The third-order valence-electron chi connectivity index (χ3n) is 11.3. The first-order valence-corrected chi connectivity index (χ1v) is 18.5. The summed E-state index contributed by atoms with van der Waals surface area (Å²) >= 11 is 0. The lowest BCUT2D eigenvalue weighted by Gasteiger charge is -2.30. The van der Waals surface area contributed by atoms with E-state index >= 15 is 0 Å². The summed E-state index contributed by atoms with van der Waals surface area (Å²) in [4.78, 5) is 15.5. The van der Waals surface area contributed by atoms with E-state index in [9.17, 15) is 0 Å². The zero-order valence-corrected chi connectivity index (χ0v) is 28.4. The van der Waals surface area contributed by atoms with Gasteiger partial charge in [0.15, 0.2) is 0 Å². The van der Waals surface area contributed by atoms with Gasteiger partial charge in [0.05, 0.1) is 16.7 Å². The van der Waals surface area contributed by atoms with Crippen LogP contribution >= 0.6 is 0 Å². The van der Waals surface area contributed by atoms with Gasteiger partial charge in [0, 0.05) is 60.1 Å². The van der Waals surface area contributed by atoms with Crippen LogP contribution in [0.5, 0.6) is 0 Å². The number of hydrogen-bond acceptors (Lipinski definition) is 4. The Labute approximate surface area is 293 Å². The van der Waals surface area contributed by atoms with Crippen LogP contribution in [0.1, 0.15) is 38.5 Å². The van der Waals surface area contributed by atoms with Gasteiger partial charge in [-0.05, 0) is 118 Å². The molecule has 0 radical (unpaired) electrons. The molecule has 10 rings (SSSR count). The highest BCUT2D eigenvalue weighted by atomic mass is 15.1. The molecular weight excluding hydrogens is 609 g/mol. The fourth-order valence-electron chi connectivity index (χ4n) is 8.77. The Kier molecular flexibility index (Phi) is 7.14. The maximum Gasteiger partial charge on any atom is 0.0972 e. The Morgan fingerprint density at radius 1 is 0.420 bits per heavy atom. The van der Waals surface area contributed by atoms with Crippen molar-refractivity contribution in [2.24, 2.45) is 0 Å². The second kappa shape index (κ2) is 12.1. The van der Waals surface area contributed by atoms with Crippen molar-refractivity contribution in [3.05, 3.63) is 121 Å². The van der Waals surface area contributed by atoms with Crippen molar-refractivity contribution in [3.63, 3.8) is 0 Å². The van der Waals surface area contributed by atoms with Crippen LogP contribution in [0.3, 0.4) is 0 Å². The molecule has 6 aromatic carbocycles. The van der Waals surface area contributed by atoms with Gasteiger partial charge in [0.1, 0.15) is 0 Å². The molecule has 0 aliphatic carbocycles. The van der Waals surface area contributed by atoms with Crippen LogP contribution in [0.2, 0.25) is 0 Å². The van der Waals surface area contributed by atoms with Crippen LogP contribution in [-0.4, -0.2) is 36.1 Å². The topological polar surface area (TPSA) is 32.3 Å². The number of nitrogens with zero attached hydrogens (tertiary/aromatic N) is 4. The summed E-state index contributed by atoms with van der Waals surface area (Å²) in [5.41, 5.74) is 9.33. The highest BCUT2D eigenvalue weighted by molar-refractivity contribution is 6.24. The Morgan fingerprint density at radius 3 is 1.76 bits per heavy atom. The summed E-state index contributed by atoms with van der Waals surface area (Å²) < 4.78 is 0. The minimum Gasteiger partial charge on any atom is -0.372 e. The molecule has 2 aliphatic rings. The first-order valence-electron chi connectivity index (χ1n) is 18.5. The van der Waals surface area contributed by atoms with E-state index in [0.29, 0.717) is 0 Å². The van der Waals surface area contributed by atoms with E-state index in [1.54, 1.807) is 0 Å². The molecule has 2 saturated heterocycles. The number of hydrogen-bond donors (Lipinski definition) is 0. The molecule has 8 aromatic rings. The summed E-state index contributed by atoms with van der Waals surface area (Å²) in [5, 5.41) is 9.85. The third kappa shape index (κ3) is 4.88. The second-order valence-electron chi connectivity index (χ2n) is 14.2. The van der Waals surface area contributed by atoms with E-state index < -0.39 is 0 Å². The van der Waals surface area contributed by atoms with Gasteiger partial charge in [-0.2, -0.15) is 0 Å². The Morgan fingerprint density at radius 2 is 1.02 bits per heavy atom. The summed E-state index contributed by atoms with van der Waals surface area (Å²) in [6.45, 7) is 4.44. The summed E-state index contributed by atoms with van der Waals surface area (Å²) in [7, 11) is 0. The van der Waals surface area contributed by atoms with E-state index in [2.05, 4.69) is 119 Å². The minimum atomic E-state index is 0.953. The SMILES string of the molecule is c1ccc2c(-c3c4ccc(N5CCCCC5)cc4c(-c4ccc5ccc6cccnc6c5n4)c4ccc(N5CCCCC5)cc34)cccc2c1. The van der Waals surface area contributed by atoms with E-state index in [0.717, 1.165) is 53.7 Å². The quantitative estimate of drug-likeness (QED) is 0.140. The second-order valence-corrected chi connectivity index (χ2v) is 14.2. The molecule has 2 fully saturated rings. The number of anilines is 2. The van der Waals surface area contributed by atoms with Gasteiger partial charge in [0.25, 0.3) is 0 Å². The number of rotatable bonds is 4. The van der Waals surface area contributed by atoms with Gasteiger partial charge in [0.2, 0.25) is 0 Å². The Balaban J connectivity index is 1.33. The molecule has 4 heterocycles. The maximum atomic E-state index is 5.49. The molecule has 4 heteroatoms. The number of piperidine rings is 2. The molecule has 0 bridgehead atoms. The van der Waals surface area contributed by atoms with Crippen LogP contribution in [0.4, 0.5) is 11.4 Å². The number of benzene rings is 6. The first-order chi connectivity index (χ1) is 24.8. The van der Waals surface area contributed by atoms with E-state index in [1.807, 2.05) is 12.3 Å². The molecule has 0 saturated carbocycles. The van der Waals surface area contributed by atoms with Gasteiger partial charge in [-0.25, -0.2) is 4.98 Å². The van der Waals surface area contributed by atoms with E-state index in [-0.39, 0.29) is 0 Å². The molecule has 244 valence electrons. The van der Waals surface area contributed by atoms with Crippen molar-refractivity contribution in [3.8, 4) is 22.4 Å². The molecule has 0 spiro atoms. The van der Waals surface area contributed by atoms with Crippen LogP contribution in [-0.2, 0) is 0 Å². The molecule has 4 nitrogen and oxygen atoms in total. The van der Waals surface area contributed by atoms with Crippen molar-refractivity contribution >= 4 is 65.5 Å². The van der Waals surface area contributed by atoms with Gasteiger partial charge in [-0.1, -0.05) is 78.9 Å². The lowest BCUT2D eigenvalue weighted by molar-refractivity contribution is 0.578. The predicted octanol–water partition coefficient (Wildman–Crippen LogP) is 11.6. The maximum absolute atomic E-state index is 5.49. The fraction of sp³-hybridized carbons (Fsp3) is 0.217. The highest BCUT2D eigenvalue weighted by Gasteiger charge is 2.23. The molecule has 0 atom stereocenters. The van der Waals surface area contributed by atoms with E-state index in [4.69, 9.17) is 9.97 Å². The minimum absolute atomic E-state index is 0.953. The largest absolute Gasteiger partial charge is 0.372 e. The normalized spacial score (nSPS) is 15.5. The zero-order valence-electron chi connectivity index (χ0n) is 28.4. The molecule has 0 amide bonds. The molecule has 50 heavy (non-hydrogen) atoms. The van der Waals surface area contributed by atoms with Gasteiger partial charge in [-0.3, -0.25) is 4.98 Å². The van der Waals surface area contributed by atoms with Gasteiger partial charge >= 0.3 is 0 Å². The first kappa shape index (κ1) is 29.4. The van der Waals surface area contributed by atoms with E-state index in [1.165, 1.54) is 98.9 Å². The average Bonchev–Trinajstić information content (AvgIpc) is 3.20. The zero-order chi connectivity index (χ0) is 33.0. The summed E-state index contributed by atoms with van der Waals surface area (Å²) in [6.07, 6.45) is 9.50. The number of aromatic nitrogens is 2. The number of fused-ring (bicyclic) bond motifs is 6. The fourth-order valence-corrected chi connectivity index (χ4v) is 8.77. The van der Waals surface area contributed by atoms with Crippen molar-refractivity contribution < 1.29 is 0 Å². The standard InChI is InChI=1S/C46H40N4/c1-5-25-49(26-6-1)34-20-22-39-40(29-34)43(37-15-9-12-31-11-3-4-14-36(31)37)38-21-19-35(50-27-7-2-8-28-50)30-41(38)44(39)42-23-18-33-17-16-32-13-10-24-47-45(32)46(33)48-42/h3-4,9-24,29-30H,1-2,5-8,25-28H2. The van der Waals surface area contributed by atoms with Crippen LogP contribution in [0, 0.1) is 0 Å². The predicted molar refractivity (Wildman–Crippen MR) is 213 cm³/mol. The third-order valence-corrected chi connectivity index (χ3v) is 11.3. The number of pyridine rings is 2. The monoisotopic (exact) mass is 648 g/mol. The molecule has 2 aliphatic heterocycles. The molecule has 0 unspecified atom stereocenters. The molecular formula is C46H40N4. The molecule has 0 N–H and O–H groups in total. The lowest BCUT2D eigenvalue weighted by Crippen LogP contribution is -2.29. The van der Waals surface area contributed by atoms with Crippen molar-refractivity contribution in [2.45, 2.75) is 38.5 Å².